The SMILES string of the molecule is CC1(C)Cc2c(sc3c2C2NN=C(SCc4ccccc4Cl)N2c2nnc(SCc4ccccc4Cl)n2-3)CO1. The smallest absolute Gasteiger partial charge is 0.241 e. The molecule has 2 aromatic carbocycles. The number of ether oxygens (including phenoxy) is 1. The van der Waals surface area contributed by atoms with Crippen molar-refractivity contribution in [2.45, 2.75) is 55.3 Å². The Labute approximate surface area is 248 Å². The van der Waals surface area contributed by atoms with Crippen LogP contribution in [0.25, 0.3) is 5.00 Å². The molecule has 0 spiro atoms. The van der Waals surface area contributed by atoms with E-state index in [0.717, 1.165) is 48.9 Å². The molecular weight excluding hydrogens is 591 g/mol. The fourth-order valence-corrected chi connectivity index (χ4v) is 8.85. The zero-order valence-corrected chi connectivity index (χ0v) is 25.1. The molecule has 0 bridgehead atoms. The van der Waals surface area contributed by atoms with Gasteiger partial charge in [-0.2, -0.15) is 5.10 Å². The number of hydrazone groups is 1. The molecule has 5 heterocycles. The third-order valence-corrected chi connectivity index (χ3v) is 10.9. The summed E-state index contributed by atoms with van der Waals surface area (Å²) in [5.41, 5.74) is 7.88. The van der Waals surface area contributed by atoms with Crippen molar-refractivity contribution in [3.63, 3.8) is 0 Å². The molecule has 1 N–H and O–H groups in total. The number of hydrogen-bond donors (Lipinski definition) is 1. The molecule has 7 rings (SSSR count). The Kier molecular flexibility index (Phi) is 6.60. The number of thiophene rings is 1. The third-order valence-electron chi connectivity index (χ3n) is 6.99. The first-order chi connectivity index (χ1) is 18.9. The van der Waals surface area contributed by atoms with Crippen molar-refractivity contribution >= 4 is 69.2 Å². The lowest BCUT2D eigenvalue weighted by Gasteiger charge is -2.34. The second kappa shape index (κ2) is 10.0. The number of anilines is 1. The van der Waals surface area contributed by atoms with Gasteiger partial charge in [0, 0.05) is 38.4 Å². The maximum absolute atomic E-state index is 6.46. The average molecular weight is 616 g/mol. The number of amidine groups is 1. The Hall–Kier alpha value is -2.21. The van der Waals surface area contributed by atoms with E-state index in [1.807, 2.05) is 48.5 Å². The number of halogens is 2. The molecule has 3 aliphatic heterocycles. The molecule has 1 atom stereocenters. The molecule has 0 amide bonds. The number of thioether (sulfide) groups is 2. The van der Waals surface area contributed by atoms with Gasteiger partial charge in [-0.1, -0.05) is 83.1 Å². The van der Waals surface area contributed by atoms with Crippen molar-refractivity contribution in [3.05, 3.63) is 85.7 Å². The van der Waals surface area contributed by atoms with Crippen molar-refractivity contribution in [2.75, 3.05) is 4.90 Å². The molecule has 0 saturated carbocycles. The lowest BCUT2D eigenvalue weighted by molar-refractivity contribution is -0.0385. The number of aromatic nitrogens is 3. The van der Waals surface area contributed by atoms with E-state index in [9.17, 15) is 0 Å². The standard InChI is InChI=1S/C27H24Cl2N6OS3/c1-27(2)11-17-20(12-36-27)39-23-21(17)22-30-32-25(37-13-15-7-3-5-9-18(15)28)34(22)24-31-33-26(35(23)24)38-14-16-8-4-6-10-19(16)29/h3-10,22,30H,11-14H2,1-2H3. The van der Waals surface area contributed by atoms with Crippen molar-refractivity contribution < 1.29 is 4.74 Å². The third kappa shape index (κ3) is 4.55. The van der Waals surface area contributed by atoms with Crippen molar-refractivity contribution in [1.82, 2.24) is 20.2 Å². The Morgan fingerprint density at radius 3 is 2.44 bits per heavy atom. The summed E-state index contributed by atoms with van der Waals surface area (Å²) in [5, 5.41) is 18.4. The van der Waals surface area contributed by atoms with Crippen LogP contribution in [0.15, 0.2) is 58.8 Å². The molecule has 7 nitrogen and oxygen atoms in total. The highest BCUT2D eigenvalue weighted by atomic mass is 35.5. The van der Waals surface area contributed by atoms with Gasteiger partial charge in [0.1, 0.15) is 5.00 Å². The highest BCUT2D eigenvalue weighted by molar-refractivity contribution is 8.13. The van der Waals surface area contributed by atoms with E-state index in [1.54, 1.807) is 34.9 Å². The number of nitrogens with zero attached hydrogens (tertiary/aromatic N) is 5. The molecule has 3 aliphatic rings. The minimum Gasteiger partial charge on any atom is -0.370 e. The highest BCUT2D eigenvalue weighted by Crippen LogP contribution is 2.50. The maximum Gasteiger partial charge on any atom is 0.241 e. The van der Waals surface area contributed by atoms with Crippen LogP contribution in [0.2, 0.25) is 10.0 Å². The van der Waals surface area contributed by atoms with E-state index in [0.29, 0.717) is 18.1 Å². The zero-order valence-electron chi connectivity index (χ0n) is 21.1. The first-order valence-electron chi connectivity index (χ1n) is 12.5. The summed E-state index contributed by atoms with van der Waals surface area (Å²) < 4.78 is 8.37. The van der Waals surface area contributed by atoms with E-state index < -0.39 is 0 Å². The Morgan fingerprint density at radius 1 is 1.03 bits per heavy atom. The second-order valence-electron chi connectivity index (χ2n) is 10.1. The Bertz CT molecular complexity index is 1620. The molecule has 0 saturated heterocycles. The van der Waals surface area contributed by atoms with Crippen LogP contribution in [0.4, 0.5) is 5.95 Å². The minimum atomic E-state index is -0.233. The largest absolute Gasteiger partial charge is 0.370 e. The summed E-state index contributed by atoms with van der Waals surface area (Å²) in [6, 6.07) is 15.8. The van der Waals surface area contributed by atoms with Gasteiger partial charge in [-0.3, -0.25) is 10.3 Å². The van der Waals surface area contributed by atoms with Gasteiger partial charge in [-0.05, 0) is 42.7 Å². The molecule has 0 radical (unpaired) electrons. The molecule has 2 aromatic heterocycles. The van der Waals surface area contributed by atoms with Gasteiger partial charge in [0.2, 0.25) is 5.95 Å². The quantitative estimate of drug-likeness (QED) is 0.235. The van der Waals surface area contributed by atoms with E-state index >= 15 is 0 Å². The predicted octanol–water partition coefficient (Wildman–Crippen LogP) is 7.41. The second-order valence-corrected chi connectivity index (χ2v) is 13.9. The monoisotopic (exact) mass is 614 g/mol. The van der Waals surface area contributed by atoms with Crippen LogP contribution in [-0.2, 0) is 29.3 Å². The van der Waals surface area contributed by atoms with Crippen LogP contribution in [0.5, 0.6) is 0 Å². The molecular formula is C27H24Cl2N6OS3. The lowest BCUT2D eigenvalue weighted by atomic mass is 9.91. The van der Waals surface area contributed by atoms with Gasteiger partial charge >= 0.3 is 0 Å². The van der Waals surface area contributed by atoms with Gasteiger partial charge < -0.3 is 4.74 Å². The van der Waals surface area contributed by atoms with E-state index in [1.165, 1.54) is 16.0 Å². The topological polar surface area (TPSA) is 67.6 Å². The van der Waals surface area contributed by atoms with Crippen LogP contribution >= 0.6 is 58.1 Å². The molecule has 200 valence electrons. The highest BCUT2D eigenvalue weighted by Gasteiger charge is 2.45. The Morgan fingerprint density at radius 2 is 1.72 bits per heavy atom. The zero-order chi connectivity index (χ0) is 26.7. The first-order valence-corrected chi connectivity index (χ1v) is 16.0. The van der Waals surface area contributed by atoms with Crippen LogP contribution in [0.1, 0.15) is 47.1 Å². The molecule has 4 aromatic rings. The maximum atomic E-state index is 6.46. The van der Waals surface area contributed by atoms with E-state index in [2.05, 4.69) is 33.8 Å². The van der Waals surface area contributed by atoms with Crippen LogP contribution in [0.3, 0.4) is 0 Å². The van der Waals surface area contributed by atoms with Crippen LogP contribution in [-0.4, -0.2) is 25.5 Å². The van der Waals surface area contributed by atoms with Gasteiger partial charge in [0.05, 0.1) is 12.2 Å². The number of nitrogens with one attached hydrogen (secondary N) is 1. The van der Waals surface area contributed by atoms with Gasteiger partial charge in [-0.25, -0.2) is 4.57 Å². The minimum absolute atomic E-state index is 0.152. The summed E-state index contributed by atoms with van der Waals surface area (Å²) in [4.78, 5) is 3.42. The summed E-state index contributed by atoms with van der Waals surface area (Å²) in [5.74, 6) is 2.14. The summed E-state index contributed by atoms with van der Waals surface area (Å²) in [6.45, 7) is 4.90. The predicted molar refractivity (Wildman–Crippen MR) is 161 cm³/mol. The first kappa shape index (κ1) is 25.7. The van der Waals surface area contributed by atoms with Crippen molar-refractivity contribution in [3.8, 4) is 5.00 Å². The molecule has 1 unspecified atom stereocenters. The number of rotatable bonds is 5. The Balaban J connectivity index is 1.28. The summed E-state index contributed by atoms with van der Waals surface area (Å²) >= 11 is 18.0. The van der Waals surface area contributed by atoms with Gasteiger partial charge in [-0.15, -0.1) is 21.5 Å². The van der Waals surface area contributed by atoms with Crippen LogP contribution in [0, 0.1) is 0 Å². The van der Waals surface area contributed by atoms with E-state index in [-0.39, 0.29) is 11.8 Å². The van der Waals surface area contributed by atoms with Crippen molar-refractivity contribution in [1.29, 1.82) is 0 Å². The van der Waals surface area contributed by atoms with Crippen molar-refractivity contribution in [2.24, 2.45) is 5.10 Å². The number of hydrogen-bond acceptors (Lipinski definition) is 9. The molecule has 0 aliphatic carbocycles. The summed E-state index contributed by atoms with van der Waals surface area (Å²) in [7, 11) is 0. The fraction of sp³-hybridized carbons (Fsp3) is 0.296. The van der Waals surface area contributed by atoms with Gasteiger partial charge in [0.25, 0.3) is 0 Å². The average Bonchev–Trinajstić information content (AvgIpc) is 3.62. The fourth-order valence-electron chi connectivity index (χ4n) is 5.05. The number of fused-ring (bicyclic) bond motifs is 8. The number of benzene rings is 2. The molecule has 39 heavy (non-hydrogen) atoms. The molecule has 12 heteroatoms. The van der Waals surface area contributed by atoms with Gasteiger partial charge in [0.15, 0.2) is 16.5 Å². The normalized spacial score (nSPS) is 18.6. The lowest BCUT2D eigenvalue weighted by Crippen LogP contribution is -2.39. The summed E-state index contributed by atoms with van der Waals surface area (Å²) in [6.07, 6.45) is 0.683. The van der Waals surface area contributed by atoms with E-state index in [4.69, 9.17) is 38.1 Å². The molecule has 0 fully saturated rings. The van der Waals surface area contributed by atoms with Crippen LogP contribution < -0.4 is 10.3 Å².